The molecule has 1 fully saturated rings. The fourth-order valence-electron chi connectivity index (χ4n) is 2.45. The van der Waals surface area contributed by atoms with Crippen LogP contribution in [0.5, 0.6) is 0 Å². The van der Waals surface area contributed by atoms with E-state index in [0.29, 0.717) is 24.1 Å². The van der Waals surface area contributed by atoms with Crippen LogP contribution in [0.2, 0.25) is 0 Å². The number of hydrogen-bond acceptors (Lipinski definition) is 3. The van der Waals surface area contributed by atoms with Crippen molar-refractivity contribution in [2.45, 2.75) is 25.8 Å². The lowest BCUT2D eigenvalue weighted by Crippen LogP contribution is -2.40. The van der Waals surface area contributed by atoms with Gasteiger partial charge in [-0.15, -0.1) is 0 Å². The number of benzene rings is 1. The summed E-state index contributed by atoms with van der Waals surface area (Å²) in [5, 5.41) is 21.3. The molecule has 0 radical (unpaired) electrons. The lowest BCUT2D eigenvalue weighted by Gasteiger charge is -2.34. The van der Waals surface area contributed by atoms with Crippen LogP contribution in [0.4, 0.5) is 9.18 Å². The topological polar surface area (TPSA) is 73.1 Å². The summed E-state index contributed by atoms with van der Waals surface area (Å²) < 4.78 is 13.1. The highest BCUT2D eigenvalue weighted by Gasteiger charge is 2.31. The van der Waals surface area contributed by atoms with Crippen LogP contribution >= 0.6 is 0 Å². The number of amides is 1. The summed E-state index contributed by atoms with van der Waals surface area (Å²) in [7, 11) is 0. The zero-order valence-electron chi connectivity index (χ0n) is 10.5. The van der Waals surface area contributed by atoms with Gasteiger partial charge in [0.2, 0.25) is 0 Å². The number of carbonyl (C=O) groups is 1. The number of aryl methyl sites for hydroxylation is 1. The molecule has 1 aromatic carbocycles. The zero-order valence-corrected chi connectivity index (χ0v) is 10.5. The Morgan fingerprint density at radius 2 is 2.26 bits per heavy atom. The van der Waals surface area contributed by atoms with E-state index in [9.17, 15) is 14.3 Å². The minimum absolute atomic E-state index is 0.274. The van der Waals surface area contributed by atoms with Crippen LogP contribution in [0.3, 0.4) is 0 Å². The molecule has 2 rings (SSSR count). The van der Waals surface area contributed by atoms with Gasteiger partial charge in [-0.25, -0.2) is 9.18 Å². The number of piperidine rings is 1. The Morgan fingerprint density at radius 3 is 2.84 bits per heavy atom. The van der Waals surface area contributed by atoms with Gasteiger partial charge in [0.1, 0.15) is 5.82 Å². The maximum absolute atomic E-state index is 13.1. The normalized spacial score (nSPS) is 21.7. The zero-order chi connectivity index (χ0) is 14.0. The number of rotatable bonds is 1. The van der Waals surface area contributed by atoms with Crippen LogP contribution in [0.1, 0.15) is 30.0 Å². The Bertz CT molecular complexity index is 531. The molecule has 0 spiro atoms. The predicted octanol–water partition coefficient (Wildman–Crippen LogP) is 2.78. The summed E-state index contributed by atoms with van der Waals surface area (Å²) in [6.45, 7) is 2.01. The minimum atomic E-state index is -1.02. The third-order valence-corrected chi connectivity index (χ3v) is 3.42. The minimum Gasteiger partial charge on any atom is -0.465 e. The van der Waals surface area contributed by atoms with E-state index in [2.05, 4.69) is 5.16 Å². The molecule has 102 valence electrons. The summed E-state index contributed by atoms with van der Waals surface area (Å²) >= 11 is 0. The molecule has 5 nitrogen and oxygen atoms in total. The fourth-order valence-corrected chi connectivity index (χ4v) is 2.45. The molecule has 1 atom stereocenters. The van der Waals surface area contributed by atoms with E-state index < -0.39 is 12.1 Å². The molecule has 1 saturated heterocycles. The van der Waals surface area contributed by atoms with Crippen molar-refractivity contribution in [3.05, 3.63) is 35.1 Å². The van der Waals surface area contributed by atoms with Gasteiger partial charge in [-0.05, 0) is 30.2 Å². The highest BCUT2D eigenvalue weighted by molar-refractivity contribution is 5.87. The van der Waals surface area contributed by atoms with Gasteiger partial charge >= 0.3 is 6.09 Å². The third-order valence-electron chi connectivity index (χ3n) is 3.42. The summed E-state index contributed by atoms with van der Waals surface area (Å²) in [6.07, 6.45) is -0.278. The quantitative estimate of drug-likeness (QED) is 0.606. The number of hydrogen-bond donors (Lipinski definition) is 2. The number of oxime groups is 1. The van der Waals surface area contributed by atoms with Crippen molar-refractivity contribution >= 4 is 11.8 Å². The summed E-state index contributed by atoms with van der Waals surface area (Å²) in [5.74, 6) is -0.352. The van der Waals surface area contributed by atoms with Crippen LogP contribution < -0.4 is 0 Å². The molecule has 1 aliphatic rings. The number of likely N-dealkylation sites (tertiary alicyclic amines) is 1. The highest BCUT2D eigenvalue weighted by Crippen LogP contribution is 2.32. The van der Waals surface area contributed by atoms with Gasteiger partial charge < -0.3 is 15.2 Å². The van der Waals surface area contributed by atoms with E-state index in [1.165, 1.54) is 17.0 Å². The molecule has 1 amide bonds. The smallest absolute Gasteiger partial charge is 0.407 e. The number of nitrogens with zero attached hydrogens (tertiary/aromatic N) is 2. The van der Waals surface area contributed by atoms with Crippen molar-refractivity contribution in [3.8, 4) is 0 Å². The summed E-state index contributed by atoms with van der Waals surface area (Å²) in [6, 6.07) is 3.84. The Kier molecular flexibility index (Phi) is 3.69. The average molecular weight is 266 g/mol. The lowest BCUT2D eigenvalue weighted by atomic mass is 9.91. The standard InChI is InChI=1S/C13H15FN2O3/c1-8-6-9(14)2-3-11(8)12-7-10(15-19)4-5-16(12)13(17)18/h2-3,6,12,19H,4-5,7H2,1H3,(H,17,18)/b15-10-/t12-/m1/s1. The Morgan fingerprint density at radius 1 is 1.53 bits per heavy atom. The average Bonchev–Trinajstić information content (AvgIpc) is 2.38. The summed E-state index contributed by atoms with van der Waals surface area (Å²) in [5.41, 5.74) is 1.99. The molecule has 1 aliphatic heterocycles. The van der Waals surface area contributed by atoms with Gasteiger partial charge in [0.05, 0.1) is 11.8 Å². The fraction of sp³-hybridized carbons (Fsp3) is 0.385. The van der Waals surface area contributed by atoms with Crippen LogP contribution in [0.25, 0.3) is 0 Å². The molecule has 0 aliphatic carbocycles. The Labute approximate surface area is 110 Å². The maximum atomic E-state index is 13.1. The second-order valence-electron chi connectivity index (χ2n) is 4.61. The SMILES string of the molecule is Cc1cc(F)ccc1[C@H]1C/C(=N\O)CCN1C(=O)O. The van der Waals surface area contributed by atoms with E-state index >= 15 is 0 Å². The third kappa shape index (κ3) is 2.67. The van der Waals surface area contributed by atoms with Crippen molar-refractivity contribution in [1.82, 2.24) is 4.90 Å². The largest absolute Gasteiger partial charge is 0.465 e. The first-order valence-electron chi connectivity index (χ1n) is 5.98. The summed E-state index contributed by atoms with van der Waals surface area (Å²) in [4.78, 5) is 12.6. The van der Waals surface area contributed by atoms with Gasteiger partial charge in [-0.2, -0.15) is 0 Å². The predicted molar refractivity (Wildman–Crippen MR) is 67.1 cm³/mol. The van der Waals surface area contributed by atoms with E-state index in [1.54, 1.807) is 13.0 Å². The molecule has 1 heterocycles. The van der Waals surface area contributed by atoms with Crippen LogP contribution in [-0.2, 0) is 0 Å². The van der Waals surface area contributed by atoms with Gasteiger partial charge in [0.15, 0.2) is 0 Å². The number of halogens is 1. The van der Waals surface area contributed by atoms with Gasteiger partial charge in [-0.1, -0.05) is 11.2 Å². The molecule has 6 heteroatoms. The van der Waals surface area contributed by atoms with E-state index in [1.807, 2.05) is 0 Å². The van der Waals surface area contributed by atoms with E-state index in [0.717, 1.165) is 5.56 Å². The van der Waals surface area contributed by atoms with Crippen LogP contribution in [-0.4, -0.2) is 33.6 Å². The molecule has 1 aromatic rings. The highest BCUT2D eigenvalue weighted by atomic mass is 19.1. The molecule has 19 heavy (non-hydrogen) atoms. The first-order chi connectivity index (χ1) is 9.02. The van der Waals surface area contributed by atoms with Gasteiger partial charge in [0.25, 0.3) is 0 Å². The molecular weight excluding hydrogens is 251 g/mol. The lowest BCUT2D eigenvalue weighted by molar-refractivity contribution is 0.121. The van der Waals surface area contributed by atoms with Crippen molar-refractivity contribution in [2.75, 3.05) is 6.54 Å². The monoisotopic (exact) mass is 266 g/mol. The molecular formula is C13H15FN2O3. The molecule has 0 unspecified atom stereocenters. The van der Waals surface area contributed by atoms with Crippen molar-refractivity contribution in [1.29, 1.82) is 0 Å². The van der Waals surface area contributed by atoms with Crippen LogP contribution in [0.15, 0.2) is 23.4 Å². The van der Waals surface area contributed by atoms with Crippen molar-refractivity contribution in [2.24, 2.45) is 5.16 Å². The molecule has 0 aromatic heterocycles. The first kappa shape index (κ1) is 13.3. The van der Waals surface area contributed by atoms with Gasteiger partial charge in [-0.3, -0.25) is 0 Å². The van der Waals surface area contributed by atoms with E-state index in [4.69, 9.17) is 5.21 Å². The van der Waals surface area contributed by atoms with E-state index in [-0.39, 0.29) is 12.4 Å². The second-order valence-corrected chi connectivity index (χ2v) is 4.61. The first-order valence-corrected chi connectivity index (χ1v) is 5.98. The Balaban J connectivity index is 2.38. The van der Waals surface area contributed by atoms with Crippen LogP contribution in [0, 0.1) is 12.7 Å². The number of carboxylic acid groups (broad SMARTS) is 1. The Hall–Kier alpha value is -2.11. The van der Waals surface area contributed by atoms with Crippen molar-refractivity contribution in [3.63, 3.8) is 0 Å². The van der Waals surface area contributed by atoms with Gasteiger partial charge in [0, 0.05) is 19.4 Å². The molecule has 0 saturated carbocycles. The second kappa shape index (κ2) is 5.26. The molecule has 2 N–H and O–H groups in total. The van der Waals surface area contributed by atoms with Crippen molar-refractivity contribution < 1.29 is 19.5 Å². The molecule has 0 bridgehead atoms. The maximum Gasteiger partial charge on any atom is 0.407 e.